The fourth-order valence-corrected chi connectivity index (χ4v) is 3.10. The lowest BCUT2D eigenvalue weighted by molar-refractivity contribution is -0.112. The van der Waals surface area contributed by atoms with E-state index in [9.17, 15) is 4.79 Å². The highest BCUT2D eigenvalue weighted by Gasteiger charge is 2.17. The van der Waals surface area contributed by atoms with Crippen LogP contribution in [0.2, 0.25) is 0 Å². The van der Waals surface area contributed by atoms with Crippen molar-refractivity contribution in [2.75, 3.05) is 23.3 Å². The molecule has 0 bridgehead atoms. The Labute approximate surface area is 137 Å². The molecule has 2 aromatic heterocycles. The zero-order chi connectivity index (χ0) is 16.1. The van der Waals surface area contributed by atoms with Crippen LogP contribution in [0.4, 0.5) is 10.3 Å². The number of nitriles is 1. The van der Waals surface area contributed by atoms with Crippen LogP contribution in [0.1, 0.15) is 25.0 Å². The second-order valence-electron chi connectivity index (χ2n) is 5.08. The van der Waals surface area contributed by atoms with Gasteiger partial charge in [-0.3, -0.25) is 10.1 Å². The standard InChI is InChI=1S/C15H15N5O2S/c16-10-11(9-12-5-4-8-22-12)13(21)17-14-18-19-15(23-14)20-6-2-1-3-7-20/h4-5,8-9H,1-3,6-7H2,(H,17,18,21)/b11-9-. The molecule has 23 heavy (non-hydrogen) atoms. The molecule has 0 aliphatic carbocycles. The van der Waals surface area contributed by atoms with Crippen molar-refractivity contribution in [2.45, 2.75) is 19.3 Å². The molecule has 3 rings (SSSR count). The molecule has 0 aromatic carbocycles. The Bertz CT molecular complexity index is 738. The van der Waals surface area contributed by atoms with Crippen molar-refractivity contribution in [1.29, 1.82) is 5.26 Å². The molecular formula is C15H15N5O2S. The number of amides is 1. The molecule has 0 unspecified atom stereocenters. The van der Waals surface area contributed by atoms with Gasteiger partial charge in [-0.1, -0.05) is 11.3 Å². The maximum absolute atomic E-state index is 12.1. The number of piperidine rings is 1. The molecule has 0 saturated carbocycles. The van der Waals surface area contributed by atoms with Crippen molar-refractivity contribution >= 4 is 33.6 Å². The summed E-state index contributed by atoms with van der Waals surface area (Å²) in [5.74, 6) is -0.0757. The minimum Gasteiger partial charge on any atom is -0.465 e. The topological polar surface area (TPSA) is 95.0 Å². The quantitative estimate of drug-likeness (QED) is 0.684. The smallest absolute Gasteiger partial charge is 0.268 e. The lowest BCUT2D eigenvalue weighted by atomic mass is 10.1. The first-order chi connectivity index (χ1) is 11.3. The third kappa shape index (κ3) is 3.76. The van der Waals surface area contributed by atoms with Crippen molar-refractivity contribution in [3.05, 3.63) is 29.7 Å². The number of aromatic nitrogens is 2. The van der Waals surface area contributed by atoms with Gasteiger partial charge < -0.3 is 9.32 Å². The van der Waals surface area contributed by atoms with Gasteiger partial charge in [-0.2, -0.15) is 5.26 Å². The van der Waals surface area contributed by atoms with Crippen molar-refractivity contribution in [3.8, 4) is 6.07 Å². The van der Waals surface area contributed by atoms with Crippen molar-refractivity contribution < 1.29 is 9.21 Å². The molecule has 0 spiro atoms. The number of anilines is 2. The van der Waals surface area contributed by atoms with E-state index in [0.29, 0.717) is 10.9 Å². The predicted molar refractivity (Wildman–Crippen MR) is 86.9 cm³/mol. The number of carbonyl (C=O) groups excluding carboxylic acids is 1. The highest BCUT2D eigenvalue weighted by atomic mass is 32.1. The Kier molecular flexibility index (Phi) is 4.68. The van der Waals surface area contributed by atoms with E-state index in [2.05, 4.69) is 20.4 Å². The number of nitrogens with one attached hydrogen (secondary N) is 1. The summed E-state index contributed by atoms with van der Waals surface area (Å²) in [5, 5.41) is 21.0. The number of hydrogen-bond donors (Lipinski definition) is 1. The Morgan fingerprint density at radius 1 is 1.39 bits per heavy atom. The average Bonchev–Trinajstić information content (AvgIpc) is 3.25. The molecule has 8 heteroatoms. The van der Waals surface area contributed by atoms with Gasteiger partial charge in [0.2, 0.25) is 10.3 Å². The minimum atomic E-state index is -0.523. The van der Waals surface area contributed by atoms with Crippen molar-refractivity contribution in [2.24, 2.45) is 0 Å². The summed E-state index contributed by atoms with van der Waals surface area (Å²) in [6.45, 7) is 1.93. The molecule has 1 amide bonds. The number of carbonyl (C=O) groups is 1. The fraction of sp³-hybridized carbons (Fsp3) is 0.333. The molecule has 2 aromatic rings. The SMILES string of the molecule is N#C/C(=C/c1ccco1)C(=O)Nc1nnc(N2CCCCC2)s1. The molecule has 3 heterocycles. The normalized spacial score (nSPS) is 15.3. The van der Waals surface area contributed by atoms with E-state index in [1.807, 2.05) is 6.07 Å². The molecule has 1 aliphatic rings. The molecular weight excluding hydrogens is 314 g/mol. The Morgan fingerprint density at radius 3 is 2.91 bits per heavy atom. The highest BCUT2D eigenvalue weighted by Crippen LogP contribution is 2.26. The molecule has 0 atom stereocenters. The maximum Gasteiger partial charge on any atom is 0.268 e. The number of rotatable bonds is 4. The lowest BCUT2D eigenvalue weighted by Crippen LogP contribution is -2.29. The van der Waals surface area contributed by atoms with Crippen LogP contribution in [-0.4, -0.2) is 29.2 Å². The summed E-state index contributed by atoms with van der Waals surface area (Å²) in [7, 11) is 0. The first-order valence-corrected chi connectivity index (χ1v) is 8.13. The van der Waals surface area contributed by atoms with Crippen LogP contribution in [0.15, 0.2) is 28.4 Å². The summed E-state index contributed by atoms with van der Waals surface area (Å²) in [5.41, 5.74) is -0.0466. The van der Waals surface area contributed by atoms with E-state index in [0.717, 1.165) is 31.1 Å². The van der Waals surface area contributed by atoms with Crippen molar-refractivity contribution in [3.63, 3.8) is 0 Å². The van der Waals surface area contributed by atoms with Gasteiger partial charge in [-0.25, -0.2) is 0 Å². The second kappa shape index (κ2) is 7.07. The van der Waals surface area contributed by atoms with Gasteiger partial charge in [0.25, 0.3) is 5.91 Å². The average molecular weight is 329 g/mol. The van der Waals surface area contributed by atoms with Gasteiger partial charge in [-0.05, 0) is 31.4 Å². The fourth-order valence-electron chi connectivity index (χ4n) is 2.31. The van der Waals surface area contributed by atoms with Crippen LogP contribution in [0.25, 0.3) is 6.08 Å². The van der Waals surface area contributed by atoms with Crippen LogP contribution in [0.3, 0.4) is 0 Å². The molecule has 7 nitrogen and oxygen atoms in total. The molecule has 1 fully saturated rings. The lowest BCUT2D eigenvalue weighted by Gasteiger charge is -2.25. The van der Waals surface area contributed by atoms with E-state index < -0.39 is 5.91 Å². The first kappa shape index (κ1) is 15.2. The zero-order valence-corrected chi connectivity index (χ0v) is 13.2. The molecule has 1 aliphatic heterocycles. The van der Waals surface area contributed by atoms with Crippen molar-refractivity contribution in [1.82, 2.24) is 10.2 Å². The Morgan fingerprint density at radius 2 is 2.22 bits per heavy atom. The summed E-state index contributed by atoms with van der Waals surface area (Å²) in [4.78, 5) is 14.3. The number of nitrogens with zero attached hydrogens (tertiary/aromatic N) is 4. The summed E-state index contributed by atoms with van der Waals surface area (Å²) in [6.07, 6.45) is 6.40. The first-order valence-electron chi connectivity index (χ1n) is 7.31. The van der Waals surface area contributed by atoms with Gasteiger partial charge >= 0.3 is 0 Å². The van der Waals surface area contributed by atoms with Gasteiger partial charge in [0.05, 0.1) is 6.26 Å². The molecule has 118 valence electrons. The molecule has 1 N–H and O–H groups in total. The monoisotopic (exact) mass is 329 g/mol. The van der Waals surface area contributed by atoms with E-state index in [1.165, 1.54) is 30.1 Å². The summed E-state index contributed by atoms with van der Waals surface area (Å²) in [6, 6.07) is 5.23. The maximum atomic E-state index is 12.1. The Balaban J connectivity index is 1.68. The van der Waals surface area contributed by atoms with Crippen LogP contribution in [0, 0.1) is 11.3 Å². The minimum absolute atomic E-state index is 0.0466. The van der Waals surface area contributed by atoms with E-state index >= 15 is 0 Å². The third-order valence-corrected chi connectivity index (χ3v) is 4.36. The van der Waals surface area contributed by atoms with Gasteiger partial charge in [0.1, 0.15) is 17.4 Å². The molecule has 0 radical (unpaired) electrons. The van der Waals surface area contributed by atoms with Gasteiger partial charge in [0, 0.05) is 19.2 Å². The largest absolute Gasteiger partial charge is 0.465 e. The van der Waals surface area contributed by atoms with Gasteiger partial charge in [0.15, 0.2) is 0 Å². The highest BCUT2D eigenvalue weighted by molar-refractivity contribution is 7.19. The number of hydrogen-bond acceptors (Lipinski definition) is 7. The van der Waals surface area contributed by atoms with E-state index in [-0.39, 0.29) is 5.57 Å². The van der Waals surface area contributed by atoms with E-state index in [4.69, 9.17) is 9.68 Å². The zero-order valence-electron chi connectivity index (χ0n) is 12.4. The molecule has 1 saturated heterocycles. The van der Waals surface area contributed by atoms with Crippen LogP contribution in [0.5, 0.6) is 0 Å². The van der Waals surface area contributed by atoms with Crippen LogP contribution < -0.4 is 10.2 Å². The van der Waals surface area contributed by atoms with Crippen LogP contribution in [-0.2, 0) is 4.79 Å². The number of furan rings is 1. The van der Waals surface area contributed by atoms with Gasteiger partial charge in [-0.15, -0.1) is 10.2 Å². The summed E-state index contributed by atoms with van der Waals surface area (Å²) < 4.78 is 5.11. The Hall–Kier alpha value is -2.66. The third-order valence-electron chi connectivity index (χ3n) is 3.46. The summed E-state index contributed by atoms with van der Waals surface area (Å²) >= 11 is 1.32. The predicted octanol–water partition coefficient (Wildman–Crippen LogP) is 2.67. The second-order valence-corrected chi connectivity index (χ2v) is 6.03. The van der Waals surface area contributed by atoms with E-state index in [1.54, 1.807) is 12.1 Å². The van der Waals surface area contributed by atoms with Crippen LogP contribution >= 0.6 is 11.3 Å².